The van der Waals surface area contributed by atoms with Gasteiger partial charge in [-0.3, -0.25) is 0 Å². The van der Waals surface area contributed by atoms with E-state index in [-0.39, 0.29) is 18.0 Å². The molecule has 0 saturated carbocycles. The summed E-state index contributed by atoms with van der Waals surface area (Å²) >= 11 is 0. The second kappa shape index (κ2) is 11.5. The quantitative estimate of drug-likeness (QED) is 0.378. The monoisotopic (exact) mass is 549 g/mol. The first-order valence-electron chi connectivity index (χ1n) is 12.8. The zero-order valence-electron chi connectivity index (χ0n) is 21.9. The zero-order chi connectivity index (χ0) is 27.5. The molecule has 0 amide bonds. The van der Waals surface area contributed by atoms with E-state index in [9.17, 15) is 21.6 Å². The Morgan fingerprint density at radius 3 is 2.26 bits per heavy atom. The van der Waals surface area contributed by atoms with Crippen LogP contribution in [0.2, 0.25) is 0 Å². The fourth-order valence-electron chi connectivity index (χ4n) is 4.77. The highest BCUT2D eigenvalue weighted by molar-refractivity contribution is 7.89. The minimum absolute atomic E-state index is 0.00834. The largest absolute Gasteiger partial charge is 0.416 e. The van der Waals surface area contributed by atoms with E-state index < -0.39 is 21.8 Å². The minimum Gasteiger partial charge on any atom is -0.354 e. The topological polar surface area (TPSA) is 61.7 Å². The number of benzene rings is 2. The lowest BCUT2D eigenvalue weighted by Crippen LogP contribution is -2.47. The van der Waals surface area contributed by atoms with Crippen molar-refractivity contribution in [1.82, 2.24) is 19.0 Å². The molecule has 0 bridgehead atoms. The van der Waals surface area contributed by atoms with Crippen LogP contribution >= 0.6 is 0 Å². The van der Waals surface area contributed by atoms with Crippen LogP contribution in [0.15, 0.2) is 59.5 Å². The van der Waals surface area contributed by atoms with Crippen LogP contribution in [0.25, 0.3) is 5.69 Å². The molecule has 3 aromatic rings. The number of aromatic nitrogens is 2. The van der Waals surface area contributed by atoms with Crippen molar-refractivity contribution in [2.45, 2.75) is 44.8 Å². The number of anilines is 1. The Bertz CT molecular complexity index is 1330. The molecule has 4 rings (SSSR count). The number of hydrogen-bond acceptors (Lipinski definition) is 5. The number of halogens is 3. The molecule has 1 fully saturated rings. The first-order chi connectivity index (χ1) is 18.1. The molecule has 1 aromatic heterocycles. The van der Waals surface area contributed by atoms with Gasteiger partial charge in [0, 0.05) is 44.8 Å². The third kappa shape index (κ3) is 5.89. The lowest BCUT2D eigenvalue weighted by Gasteiger charge is -2.36. The van der Waals surface area contributed by atoms with Gasteiger partial charge in [0.2, 0.25) is 10.0 Å². The summed E-state index contributed by atoms with van der Waals surface area (Å²) in [6.45, 7) is 10.2. The molecule has 0 unspecified atom stereocenters. The summed E-state index contributed by atoms with van der Waals surface area (Å²) in [6, 6.07) is 13.6. The second-order valence-corrected chi connectivity index (χ2v) is 11.4. The predicted octanol–water partition coefficient (Wildman–Crippen LogP) is 4.94. The molecular formula is C27H34F3N5O2S. The van der Waals surface area contributed by atoms with E-state index in [2.05, 4.69) is 16.7 Å². The average Bonchev–Trinajstić information content (AvgIpc) is 3.24. The van der Waals surface area contributed by atoms with Crippen molar-refractivity contribution < 1.29 is 21.6 Å². The first kappa shape index (κ1) is 28.1. The van der Waals surface area contributed by atoms with Gasteiger partial charge in [0.05, 0.1) is 21.8 Å². The maximum atomic E-state index is 13.7. The molecule has 1 aliphatic rings. The molecule has 0 atom stereocenters. The fraction of sp³-hybridized carbons (Fsp3) is 0.444. The Labute approximate surface area is 222 Å². The van der Waals surface area contributed by atoms with Crippen LogP contribution in [-0.4, -0.2) is 66.7 Å². The summed E-state index contributed by atoms with van der Waals surface area (Å²) in [4.78, 5) is 4.22. The molecule has 11 heteroatoms. The van der Waals surface area contributed by atoms with E-state index in [1.165, 1.54) is 10.4 Å². The van der Waals surface area contributed by atoms with E-state index in [0.717, 1.165) is 61.9 Å². The van der Waals surface area contributed by atoms with Crippen LogP contribution in [0.4, 0.5) is 19.0 Å². The average molecular weight is 550 g/mol. The van der Waals surface area contributed by atoms with Gasteiger partial charge in [-0.15, -0.1) is 0 Å². The summed E-state index contributed by atoms with van der Waals surface area (Å²) in [6.07, 6.45) is -4.13. The summed E-state index contributed by atoms with van der Waals surface area (Å²) in [7, 11) is -4.21. The number of alkyl halides is 3. The Kier molecular flexibility index (Phi) is 8.49. The lowest BCUT2D eigenvalue weighted by molar-refractivity contribution is -0.137. The van der Waals surface area contributed by atoms with Gasteiger partial charge in [0.15, 0.2) is 0 Å². The van der Waals surface area contributed by atoms with Crippen LogP contribution in [0.3, 0.4) is 0 Å². The predicted molar refractivity (Wildman–Crippen MR) is 142 cm³/mol. The normalized spacial score (nSPS) is 15.4. The van der Waals surface area contributed by atoms with E-state index in [1.807, 2.05) is 48.9 Å². The van der Waals surface area contributed by atoms with Crippen molar-refractivity contribution in [2.24, 2.45) is 0 Å². The second-order valence-electron chi connectivity index (χ2n) is 9.42. The van der Waals surface area contributed by atoms with Gasteiger partial charge in [-0.1, -0.05) is 38.1 Å². The van der Waals surface area contributed by atoms with Crippen molar-refractivity contribution >= 4 is 15.8 Å². The summed E-state index contributed by atoms with van der Waals surface area (Å²) in [5.74, 6) is 0.824. The van der Waals surface area contributed by atoms with Crippen molar-refractivity contribution in [3.8, 4) is 5.69 Å². The molecule has 2 aromatic carbocycles. The number of hydrogen-bond donors (Lipinski definition) is 0. The first-order valence-corrected chi connectivity index (χ1v) is 14.3. The van der Waals surface area contributed by atoms with Crippen LogP contribution in [0, 0.1) is 6.92 Å². The molecule has 0 N–H and O–H groups in total. The fourth-order valence-corrected chi connectivity index (χ4v) is 6.32. The van der Waals surface area contributed by atoms with Crippen LogP contribution in [0.1, 0.15) is 37.1 Å². The number of rotatable bonds is 9. The van der Waals surface area contributed by atoms with Crippen molar-refractivity contribution in [3.05, 3.63) is 71.4 Å². The van der Waals surface area contributed by atoms with Gasteiger partial charge >= 0.3 is 6.18 Å². The number of para-hydroxylation sites is 1. The van der Waals surface area contributed by atoms with Crippen LogP contribution in [0.5, 0.6) is 0 Å². The number of sulfonamides is 1. The van der Waals surface area contributed by atoms with E-state index in [1.54, 1.807) is 0 Å². The van der Waals surface area contributed by atoms with Gasteiger partial charge in [0.25, 0.3) is 0 Å². The third-order valence-electron chi connectivity index (χ3n) is 6.88. The molecule has 7 nitrogen and oxygen atoms in total. The number of aryl methyl sites for hydroxylation is 1. The maximum absolute atomic E-state index is 13.7. The number of piperazine rings is 1. The van der Waals surface area contributed by atoms with Crippen LogP contribution < -0.4 is 4.90 Å². The summed E-state index contributed by atoms with van der Waals surface area (Å²) in [5, 5.41) is 4.80. The lowest BCUT2D eigenvalue weighted by atomic mass is 10.2. The summed E-state index contributed by atoms with van der Waals surface area (Å²) < 4.78 is 70.5. The highest BCUT2D eigenvalue weighted by Gasteiger charge is 2.34. The number of likely N-dealkylation sites (N-methyl/N-ethyl adjacent to an activating group) is 1. The molecule has 38 heavy (non-hydrogen) atoms. The van der Waals surface area contributed by atoms with Crippen molar-refractivity contribution in [1.29, 1.82) is 0 Å². The Morgan fingerprint density at radius 1 is 0.974 bits per heavy atom. The Morgan fingerprint density at radius 2 is 1.66 bits per heavy atom. The number of nitrogens with zero attached hydrogens (tertiary/aromatic N) is 5. The SMILES string of the molecule is CCCN(Cc1c(C)nn(-c2ccccc2)c1N1CCN(CC)CC1)S(=O)(=O)c1cccc(C(F)(F)F)c1. The Balaban J connectivity index is 1.77. The molecule has 1 saturated heterocycles. The Hall–Kier alpha value is -2.89. The van der Waals surface area contributed by atoms with Gasteiger partial charge in [-0.2, -0.15) is 22.6 Å². The van der Waals surface area contributed by atoms with E-state index in [4.69, 9.17) is 5.10 Å². The van der Waals surface area contributed by atoms with Crippen molar-refractivity contribution in [2.75, 3.05) is 44.2 Å². The van der Waals surface area contributed by atoms with Gasteiger partial charge < -0.3 is 9.80 Å². The zero-order valence-corrected chi connectivity index (χ0v) is 22.8. The van der Waals surface area contributed by atoms with E-state index in [0.29, 0.717) is 18.2 Å². The highest BCUT2D eigenvalue weighted by Crippen LogP contribution is 2.33. The molecular weight excluding hydrogens is 515 g/mol. The van der Waals surface area contributed by atoms with Gasteiger partial charge in [-0.25, -0.2) is 13.1 Å². The molecule has 206 valence electrons. The molecule has 2 heterocycles. The third-order valence-corrected chi connectivity index (χ3v) is 8.72. The maximum Gasteiger partial charge on any atom is 0.416 e. The molecule has 0 spiro atoms. The van der Waals surface area contributed by atoms with Gasteiger partial charge in [-0.05, 0) is 50.2 Å². The summed E-state index contributed by atoms with van der Waals surface area (Å²) in [5.41, 5.74) is 1.31. The van der Waals surface area contributed by atoms with Gasteiger partial charge in [0.1, 0.15) is 5.82 Å². The molecule has 0 radical (unpaired) electrons. The van der Waals surface area contributed by atoms with Crippen molar-refractivity contribution in [3.63, 3.8) is 0 Å². The standard InChI is InChI=1S/C27H34F3N5O2S/c1-4-14-34(38(36,37)24-13-9-10-22(19-24)27(28,29)30)20-25-21(3)31-35(23-11-7-6-8-12-23)26(25)33-17-15-32(5-2)16-18-33/h6-13,19H,4-5,14-18,20H2,1-3H3. The molecule has 1 aliphatic heterocycles. The molecule has 0 aliphatic carbocycles. The highest BCUT2D eigenvalue weighted by atomic mass is 32.2. The van der Waals surface area contributed by atoms with E-state index >= 15 is 0 Å². The minimum atomic E-state index is -4.64. The smallest absolute Gasteiger partial charge is 0.354 e. The van der Waals surface area contributed by atoms with Crippen LogP contribution in [-0.2, 0) is 22.7 Å².